The lowest BCUT2D eigenvalue weighted by molar-refractivity contribution is 0.0995. The number of para-hydroxylation sites is 1. The molecule has 0 radical (unpaired) electrons. The number of carbonyl (C=O) groups excluding carboxylic acids is 1. The fourth-order valence-corrected chi connectivity index (χ4v) is 3.06. The van der Waals surface area contributed by atoms with Crippen LogP contribution in [0.2, 0.25) is 0 Å². The van der Waals surface area contributed by atoms with Crippen LogP contribution in [0.4, 0.5) is 6.01 Å². The Balaban J connectivity index is 1.59. The number of hydrogen-bond acceptors (Lipinski definition) is 9. The summed E-state index contributed by atoms with van der Waals surface area (Å²) in [6.07, 6.45) is 0. The number of ether oxygens (including phenoxy) is 4. The predicted octanol–water partition coefficient (Wildman–Crippen LogP) is 3.77. The van der Waals surface area contributed by atoms with E-state index in [-0.39, 0.29) is 17.7 Å². The van der Waals surface area contributed by atoms with E-state index in [2.05, 4.69) is 15.5 Å². The summed E-state index contributed by atoms with van der Waals surface area (Å²) in [7, 11) is 6.04. The second-order valence-electron chi connectivity index (χ2n) is 6.27. The van der Waals surface area contributed by atoms with Gasteiger partial charge in [0, 0.05) is 10.9 Å². The van der Waals surface area contributed by atoms with E-state index < -0.39 is 5.91 Å². The van der Waals surface area contributed by atoms with E-state index >= 15 is 0 Å². The summed E-state index contributed by atoms with van der Waals surface area (Å²) in [6, 6.07) is 10.2. The van der Waals surface area contributed by atoms with Gasteiger partial charge >= 0.3 is 6.01 Å². The number of nitrogens with one attached hydrogen (secondary N) is 1. The fourth-order valence-electron chi connectivity index (χ4n) is 3.06. The second-order valence-corrected chi connectivity index (χ2v) is 6.27. The summed E-state index contributed by atoms with van der Waals surface area (Å²) in [5, 5.41) is 11.1. The van der Waals surface area contributed by atoms with Crippen molar-refractivity contribution in [1.29, 1.82) is 0 Å². The Morgan fingerprint density at radius 3 is 2.23 bits per heavy atom. The van der Waals surface area contributed by atoms with Crippen LogP contribution in [0.3, 0.4) is 0 Å². The molecule has 10 heteroatoms. The average Bonchev–Trinajstić information content (AvgIpc) is 3.44. The Kier molecular flexibility index (Phi) is 5.35. The largest absolute Gasteiger partial charge is 0.493 e. The van der Waals surface area contributed by atoms with Gasteiger partial charge in [-0.3, -0.25) is 10.1 Å². The van der Waals surface area contributed by atoms with Gasteiger partial charge in [0.05, 0.1) is 28.4 Å². The molecule has 4 rings (SSSR count). The first-order chi connectivity index (χ1) is 15.1. The third-order valence-electron chi connectivity index (χ3n) is 4.51. The van der Waals surface area contributed by atoms with Crippen molar-refractivity contribution in [3.63, 3.8) is 0 Å². The van der Waals surface area contributed by atoms with Gasteiger partial charge in [0.25, 0.3) is 5.91 Å². The molecule has 1 amide bonds. The molecule has 0 aliphatic rings. The lowest BCUT2D eigenvalue weighted by Crippen LogP contribution is -2.10. The lowest BCUT2D eigenvalue weighted by Gasteiger charge is -2.12. The number of amides is 1. The Morgan fingerprint density at radius 1 is 0.871 bits per heavy atom. The third kappa shape index (κ3) is 3.70. The molecule has 2 heterocycles. The molecular formula is C21H19N3O7. The van der Waals surface area contributed by atoms with Crippen molar-refractivity contribution >= 4 is 22.9 Å². The summed E-state index contributed by atoms with van der Waals surface area (Å²) in [6.45, 7) is 0. The quantitative estimate of drug-likeness (QED) is 0.472. The number of anilines is 1. The molecule has 1 N–H and O–H groups in total. The summed E-state index contributed by atoms with van der Waals surface area (Å²) >= 11 is 0. The number of furan rings is 1. The van der Waals surface area contributed by atoms with Crippen molar-refractivity contribution in [3.05, 3.63) is 42.2 Å². The van der Waals surface area contributed by atoms with Crippen LogP contribution in [0.25, 0.3) is 22.4 Å². The first-order valence-electron chi connectivity index (χ1n) is 9.09. The lowest BCUT2D eigenvalue weighted by atomic mass is 10.2. The fraction of sp³-hybridized carbons (Fsp3) is 0.190. The highest BCUT2D eigenvalue weighted by Gasteiger charge is 2.20. The van der Waals surface area contributed by atoms with Crippen LogP contribution in [0.15, 0.2) is 45.2 Å². The van der Waals surface area contributed by atoms with Gasteiger partial charge in [-0.05, 0) is 24.3 Å². The van der Waals surface area contributed by atoms with Gasteiger partial charge in [-0.1, -0.05) is 17.2 Å². The zero-order valence-electron chi connectivity index (χ0n) is 17.2. The van der Waals surface area contributed by atoms with Crippen molar-refractivity contribution < 1.29 is 32.6 Å². The molecule has 0 spiro atoms. The third-order valence-corrected chi connectivity index (χ3v) is 4.51. The number of fused-ring (bicyclic) bond motifs is 1. The van der Waals surface area contributed by atoms with E-state index in [1.54, 1.807) is 30.3 Å². The monoisotopic (exact) mass is 425 g/mol. The van der Waals surface area contributed by atoms with Crippen molar-refractivity contribution in [3.8, 4) is 34.5 Å². The highest BCUT2D eigenvalue weighted by Crippen LogP contribution is 2.41. The Morgan fingerprint density at radius 2 is 1.58 bits per heavy atom. The normalized spacial score (nSPS) is 10.7. The van der Waals surface area contributed by atoms with Crippen molar-refractivity contribution in [2.45, 2.75) is 0 Å². The number of hydrogen-bond donors (Lipinski definition) is 1. The van der Waals surface area contributed by atoms with E-state index in [9.17, 15) is 4.79 Å². The first-order valence-corrected chi connectivity index (χ1v) is 9.09. The maximum absolute atomic E-state index is 12.6. The SMILES string of the molecule is COc1cc(-c2nnc(NC(=O)c3cc4cccc(OC)c4o3)o2)cc(OC)c1OC. The van der Waals surface area contributed by atoms with Crippen LogP contribution in [0.5, 0.6) is 23.0 Å². The van der Waals surface area contributed by atoms with E-state index in [1.165, 1.54) is 28.4 Å². The number of nitrogens with zero attached hydrogens (tertiary/aromatic N) is 2. The van der Waals surface area contributed by atoms with Crippen molar-refractivity contribution in [1.82, 2.24) is 10.2 Å². The van der Waals surface area contributed by atoms with Crippen LogP contribution in [-0.4, -0.2) is 44.5 Å². The van der Waals surface area contributed by atoms with Crippen LogP contribution >= 0.6 is 0 Å². The minimum absolute atomic E-state index is 0.0760. The standard InChI is InChI=1S/C21H19N3O7/c1-26-13-7-5-6-11-8-16(30-17(11)13)19(25)22-21-24-23-20(31-21)12-9-14(27-2)18(29-4)15(10-12)28-3/h5-10H,1-4H3,(H,22,24,25). The minimum Gasteiger partial charge on any atom is -0.493 e. The second kappa shape index (κ2) is 8.27. The van der Waals surface area contributed by atoms with Crippen LogP contribution in [0, 0.1) is 0 Å². The highest BCUT2D eigenvalue weighted by atomic mass is 16.5. The molecule has 0 saturated heterocycles. The summed E-state index contributed by atoms with van der Waals surface area (Å²) < 4.78 is 32.4. The minimum atomic E-state index is -0.543. The first kappa shape index (κ1) is 20.1. The number of aromatic nitrogens is 2. The molecule has 160 valence electrons. The van der Waals surface area contributed by atoms with Gasteiger partial charge in [0.1, 0.15) is 0 Å². The van der Waals surface area contributed by atoms with Gasteiger partial charge in [-0.25, -0.2) is 0 Å². The number of methoxy groups -OCH3 is 4. The molecular weight excluding hydrogens is 406 g/mol. The molecule has 4 aromatic rings. The van der Waals surface area contributed by atoms with Crippen molar-refractivity contribution in [2.75, 3.05) is 33.8 Å². The number of rotatable bonds is 7. The topological polar surface area (TPSA) is 118 Å². The molecule has 10 nitrogen and oxygen atoms in total. The zero-order chi connectivity index (χ0) is 22.0. The van der Waals surface area contributed by atoms with Gasteiger partial charge < -0.3 is 27.8 Å². The molecule has 0 fully saturated rings. The molecule has 0 saturated carbocycles. The van der Waals surface area contributed by atoms with Gasteiger partial charge in [-0.15, -0.1) is 5.10 Å². The molecule has 2 aromatic heterocycles. The smallest absolute Gasteiger partial charge is 0.322 e. The van der Waals surface area contributed by atoms with Crippen LogP contribution in [0.1, 0.15) is 10.6 Å². The molecule has 0 aliphatic carbocycles. The molecule has 0 unspecified atom stereocenters. The Bertz CT molecular complexity index is 1220. The average molecular weight is 425 g/mol. The van der Waals surface area contributed by atoms with E-state index in [4.69, 9.17) is 27.8 Å². The Labute approximate surface area is 176 Å². The van der Waals surface area contributed by atoms with Gasteiger partial charge in [0.15, 0.2) is 28.6 Å². The number of carbonyl (C=O) groups is 1. The predicted molar refractivity (Wildman–Crippen MR) is 110 cm³/mol. The van der Waals surface area contributed by atoms with E-state index in [1.807, 2.05) is 6.07 Å². The summed E-state index contributed by atoms with van der Waals surface area (Å²) in [4.78, 5) is 12.6. The van der Waals surface area contributed by atoms with Gasteiger partial charge in [0.2, 0.25) is 11.6 Å². The molecule has 2 aromatic carbocycles. The summed E-state index contributed by atoms with van der Waals surface area (Å²) in [5.41, 5.74) is 0.995. The Hall–Kier alpha value is -4.21. The highest BCUT2D eigenvalue weighted by molar-refractivity contribution is 6.04. The molecule has 0 bridgehead atoms. The molecule has 0 aliphatic heterocycles. The molecule has 31 heavy (non-hydrogen) atoms. The summed E-state index contributed by atoms with van der Waals surface area (Å²) in [5.74, 6) is 1.50. The van der Waals surface area contributed by atoms with E-state index in [0.717, 1.165) is 5.39 Å². The van der Waals surface area contributed by atoms with Crippen LogP contribution in [-0.2, 0) is 0 Å². The van der Waals surface area contributed by atoms with Crippen molar-refractivity contribution in [2.24, 2.45) is 0 Å². The van der Waals surface area contributed by atoms with Crippen LogP contribution < -0.4 is 24.3 Å². The maximum Gasteiger partial charge on any atom is 0.322 e. The zero-order valence-corrected chi connectivity index (χ0v) is 17.2. The maximum atomic E-state index is 12.6. The number of benzene rings is 2. The van der Waals surface area contributed by atoms with E-state index in [0.29, 0.717) is 34.1 Å². The molecule has 0 atom stereocenters. The van der Waals surface area contributed by atoms with Gasteiger partial charge in [-0.2, -0.15) is 0 Å².